The third-order valence-corrected chi connectivity index (χ3v) is 3.79. The number of carbonyl (C=O) groups is 3. The van der Waals surface area contributed by atoms with Crippen LogP contribution in [-0.4, -0.2) is 28.7 Å². The molecule has 6 nitrogen and oxygen atoms in total. The van der Waals surface area contributed by atoms with Crippen LogP contribution in [0.1, 0.15) is 35.7 Å². The molecule has 6 heteroatoms. The predicted octanol–water partition coefficient (Wildman–Crippen LogP) is 1.36. The largest absolute Gasteiger partial charge is 0.463 e. The highest BCUT2D eigenvalue weighted by Gasteiger charge is 2.39. The molecule has 0 spiro atoms. The highest BCUT2D eigenvalue weighted by Crippen LogP contribution is 2.30. The summed E-state index contributed by atoms with van der Waals surface area (Å²) in [5, 5.41) is 2.28. The molecule has 1 N–H and O–H groups in total. The Labute approximate surface area is 127 Å². The minimum Gasteiger partial charge on any atom is -0.463 e. The van der Waals surface area contributed by atoms with E-state index in [2.05, 4.69) is 11.9 Å². The van der Waals surface area contributed by atoms with Crippen molar-refractivity contribution in [1.29, 1.82) is 0 Å². The van der Waals surface area contributed by atoms with Crippen molar-refractivity contribution in [3.63, 3.8) is 0 Å². The summed E-state index contributed by atoms with van der Waals surface area (Å²) >= 11 is 0. The number of rotatable bonds is 3. The van der Waals surface area contributed by atoms with E-state index in [-0.39, 0.29) is 18.2 Å². The van der Waals surface area contributed by atoms with E-state index in [9.17, 15) is 14.4 Å². The summed E-state index contributed by atoms with van der Waals surface area (Å²) in [7, 11) is 0. The minimum absolute atomic E-state index is 0.189. The molecule has 3 rings (SSSR count). The molecule has 1 saturated heterocycles. The number of nitrogens with zero attached hydrogens (tertiary/aromatic N) is 1. The molecule has 0 saturated carbocycles. The molecular weight excluding hydrogens is 284 g/mol. The number of carbonyl (C=O) groups excluding carboxylic acids is 3. The Kier molecular flexibility index (Phi) is 3.44. The predicted molar refractivity (Wildman–Crippen MR) is 77.9 cm³/mol. The first-order valence-electron chi connectivity index (χ1n) is 7.06. The first-order chi connectivity index (χ1) is 10.5. The van der Waals surface area contributed by atoms with Crippen LogP contribution in [0.2, 0.25) is 0 Å². The maximum atomic E-state index is 12.5. The van der Waals surface area contributed by atoms with Crippen LogP contribution in [0.15, 0.2) is 30.5 Å². The summed E-state index contributed by atoms with van der Waals surface area (Å²) in [6.45, 7) is 5.77. The number of piperidine rings is 1. The number of amides is 3. The van der Waals surface area contributed by atoms with Crippen LogP contribution in [0, 0.1) is 0 Å². The highest BCUT2D eigenvalue weighted by atomic mass is 16.5. The molecule has 1 aromatic carbocycles. The zero-order chi connectivity index (χ0) is 15.9. The van der Waals surface area contributed by atoms with Gasteiger partial charge in [0, 0.05) is 18.5 Å². The van der Waals surface area contributed by atoms with Crippen molar-refractivity contribution >= 4 is 17.7 Å². The van der Waals surface area contributed by atoms with Crippen LogP contribution < -0.4 is 10.1 Å². The number of benzene rings is 1. The summed E-state index contributed by atoms with van der Waals surface area (Å²) in [4.78, 5) is 37.1. The molecule has 114 valence electrons. The Morgan fingerprint density at radius 2 is 2.14 bits per heavy atom. The van der Waals surface area contributed by atoms with E-state index in [0.717, 1.165) is 5.56 Å². The molecule has 2 aliphatic heterocycles. The lowest BCUT2D eigenvalue weighted by molar-refractivity contribution is -0.136. The van der Waals surface area contributed by atoms with Crippen LogP contribution in [0.3, 0.4) is 0 Å². The van der Waals surface area contributed by atoms with Crippen molar-refractivity contribution in [1.82, 2.24) is 10.2 Å². The van der Waals surface area contributed by atoms with Crippen molar-refractivity contribution in [3.05, 3.63) is 41.7 Å². The van der Waals surface area contributed by atoms with E-state index in [1.165, 1.54) is 4.90 Å². The van der Waals surface area contributed by atoms with Crippen molar-refractivity contribution in [2.24, 2.45) is 0 Å². The highest BCUT2D eigenvalue weighted by molar-refractivity contribution is 6.05. The Bertz CT molecular complexity index is 695. The molecule has 1 aromatic rings. The average molecular weight is 300 g/mol. The van der Waals surface area contributed by atoms with Gasteiger partial charge in [-0.2, -0.15) is 0 Å². The Hall–Kier alpha value is -2.63. The molecule has 1 fully saturated rings. The first kappa shape index (κ1) is 14.3. The molecule has 0 bridgehead atoms. The number of nitrogens with one attached hydrogen (secondary N) is 1. The van der Waals surface area contributed by atoms with Gasteiger partial charge in [-0.25, -0.2) is 0 Å². The zero-order valence-corrected chi connectivity index (χ0v) is 12.2. The smallest absolute Gasteiger partial charge is 0.255 e. The van der Waals surface area contributed by atoms with E-state index in [1.54, 1.807) is 25.1 Å². The van der Waals surface area contributed by atoms with Gasteiger partial charge < -0.3 is 9.64 Å². The van der Waals surface area contributed by atoms with Gasteiger partial charge in [0.2, 0.25) is 11.8 Å². The number of hydrogen-bond acceptors (Lipinski definition) is 4. The van der Waals surface area contributed by atoms with Crippen LogP contribution >= 0.6 is 0 Å². The average Bonchev–Trinajstić information content (AvgIpc) is 2.75. The second kappa shape index (κ2) is 5.29. The van der Waals surface area contributed by atoms with Gasteiger partial charge in [-0.05, 0) is 37.1 Å². The SMILES string of the molecule is C=C(C)Oc1ccc2c(c1)CN(C1CCC(=O)NC1=O)C2=O. The molecule has 1 atom stereocenters. The van der Waals surface area contributed by atoms with Gasteiger partial charge in [0.1, 0.15) is 11.8 Å². The quantitative estimate of drug-likeness (QED) is 0.675. The fourth-order valence-corrected chi connectivity index (χ4v) is 2.82. The molecule has 3 amide bonds. The van der Waals surface area contributed by atoms with E-state index in [4.69, 9.17) is 4.74 Å². The fourth-order valence-electron chi connectivity index (χ4n) is 2.82. The summed E-state index contributed by atoms with van der Waals surface area (Å²) in [5.41, 5.74) is 1.38. The van der Waals surface area contributed by atoms with Gasteiger partial charge in [-0.15, -0.1) is 0 Å². The minimum atomic E-state index is -0.594. The van der Waals surface area contributed by atoms with E-state index in [0.29, 0.717) is 30.0 Å². The maximum absolute atomic E-state index is 12.5. The molecule has 22 heavy (non-hydrogen) atoms. The van der Waals surface area contributed by atoms with Crippen LogP contribution in [0.25, 0.3) is 0 Å². The topological polar surface area (TPSA) is 75.7 Å². The lowest BCUT2D eigenvalue weighted by Crippen LogP contribution is -2.52. The molecule has 2 heterocycles. The van der Waals surface area contributed by atoms with E-state index >= 15 is 0 Å². The lowest BCUT2D eigenvalue weighted by Gasteiger charge is -2.29. The van der Waals surface area contributed by atoms with Crippen LogP contribution in [0.4, 0.5) is 0 Å². The maximum Gasteiger partial charge on any atom is 0.255 e. The molecule has 0 aromatic heterocycles. The number of hydrogen-bond donors (Lipinski definition) is 1. The van der Waals surface area contributed by atoms with E-state index in [1.807, 2.05) is 0 Å². The normalized spacial score (nSPS) is 20.7. The van der Waals surface area contributed by atoms with Crippen LogP contribution in [-0.2, 0) is 16.1 Å². The van der Waals surface area contributed by atoms with Gasteiger partial charge in [0.25, 0.3) is 5.91 Å². The number of allylic oxidation sites excluding steroid dienone is 1. The number of ether oxygens (including phenoxy) is 1. The van der Waals surface area contributed by atoms with E-state index < -0.39 is 11.9 Å². The van der Waals surface area contributed by atoms with Crippen LogP contribution in [0.5, 0.6) is 5.75 Å². The third kappa shape index (κ3) is 2.47. The zero-order valence-electron chi connectivity index (χ0n) is 12.2. The molecule has 0 radical (unpaired) electrons. The Balaban J connectivity index is 1.83. The summed E-state index contributed by atoms with van der Waals surface area (Å²) in [5.74, 6) is 0.292. The Morgan fingerprint density at radius 1 is 1.36 bits per heavy atom. The van der Waals surface area contributed by atoms with Gasteiger partial charge in [-0.3, -0.25) is 19.7 Å². The second-order valence-corrected chi connectivity index (χ2v) is 5.52. The lowest BCUT2D eigenvalue weighted by atomic mass is 10.0. The third-order valence-electron chi connectivity index (χ3n) is 3.79. The van der Waals surface area contributed by atoms with Gasteiger partial charge in [0.05, 0.1) is 5.76 Å². The molecule has 0 aliphatic carbocycles. The first-order valence-corrected chi connectivity index (χ1v) is 7.06. The molecule has 1 unspecified atom stereocenters. The van der Waals surface area contributed by atoms with Gasteiger partial charge >= 0.3 is 0 Å². The molecular formula is C16H16N2O4. The molecule has 2 aliphatic rings. The van der Waals surface area contributed by atoms with Crippen molar-refractivity contribution in [2.75, 3.05) is 0 Å². The standard InChI is InChI=1S/C16H16N2O4/c1-9(2)22-11-3-4-12-10(7-11)8-18(16(12)21)13-5-6-14(19)17-15(13)20/h3-4,7,13H,1,5-6,8H2,2H3,(H,17,19,20). The fraction of sp³-hybridized carbons (Fsp3) is 0.312. The van der Waals surface area contributed by atoms with Crippen molar-refractivity contribution in [2.45, 2.75) is 32.4 Å². The van der Waals surface area contributed by atoms with Gasteiger partial charge in [-0.1, -0.05) is 6.58 Å². The summed E-state index contributed by atoms with van der Waals surface area (Å²) in [6.07, 6.45) is 0.611. The Morgan fingerprint density at radius 3 is 2.82 bits per heavy atom. The number of imide groups is 1. The summed E-state index contributed by atoms with van der Waals surface area (Å²) < 4.78 is 5.44. The summed E-state index contributed by atoms with van der Waals surface area (Å²) in [6, 6.07) is 4.60. The van der Waals surface area contributed by atoms with Crippen molar-refractivity contribution < 1.29 is 19.1 Å². The second-order valence-electron chi connectivity index (χ2n) is 5.52. The monoisotopic (exact) mass is 300 g/mol. The van der Waals surface area contributed by atoms with Gasteiger partial charge in [0.15, 0.2) is 0 Å². The van der Waals surface area contributed by atoms with Crippen molar-refractivity contribution in [3.8, 4) is 5.75 Å². The number of fused-ring (bicyclic) bond motifs is 1.